The topological polar surface area (TPSA) is 66.8 Å². The van der Waals surface area contributed by atoms with Gasteiger partial charge in [-0.05, 0) is 47.5 Å². The number of rotatable bonds is 2. The van der Waals surface area contributed by atoms with Gasteiger partial charge in [0.05, 0.1) is 11.5 Å². The maximum absolute atomic E-state index is 12.1. The van der Waals surface area contributed by atoms with Crippen molar-refractivity contribution in [3.63, 3.8) is 0 Å². The SMILES string of the molecule is CC(C)(C)OC(=O)N1CCC[C@H]1C(C)(C)C(=O)O. The number of hydrogen-bond donors (Lipinski definition) is 1. The van der Waals surface area contributed by atoms with Crippen LogP contribution in [0.1, 0.15) is 47.5 Å². The van der Waals surface area contributed by atoms with E-state index in [0.29, 0.717) is 13.0 Å². The summed E-state index contributed by atoms with van der Waals surface area (Å²) in [5.41, 5.74) is -1.51. The molecule has 1 fully saturated rings. The van der Waals surface area contributed by atoms with Crippen molar-refractivity contribution in [2.24, 2.45) is 5.41 Å². The van der Waals surface area contributed by atoms with Gasteiger partial charge < -0.3 is 14.7 Å². The molecule has 0 aromatic carbocycles. The van der Waals surface area contributed by atoms with E-state index in [9.17, 15) is 14.7 Å². The van der Waals surface area contributed by atoms with Crippen LogP contribution in [0.5, 0.6) is 0 Å². The van der Waals surface area contributed by atoms with Crippen LogP contribution in [0, 0.1) is 5.41 Å². The van der Waals surface area contributed by atoms with Crippen molar-refractivity contribution < 1.29 is 19.4 Å². The van der Waals surface area contributed by atoms with E-state index in [1.54, 1.807) is 39.5 Å². The summed E-state index contributed by atoms with van der Waals surface area (Å²) in [5, 5.41) is 9.26. The molecule has 1 rings (SSSR count). The van der Waals surface area contributed by atoms with Crippen LogP contribution >= 0.6 is 0 Å². The molecule has 0 bridgehead atoms. The number of carboxylic acids is 1. The lowest BCUT2D eigenvalue weighted by Crippen LogP contribution is -2.49. The Bertz CT molecular complexity index is 343. The minimum atomic E-state index is -0.951. The largest absolute Gasteiger partial charge is 0.481 e. The standard InChI is InChI=1S/C13H23NO4/c1-12(2,3)18-11(17)14-8-6-7-9(14)13(4,5)10(15)16/h9H,6-8H2,1-5H3,(H,15,16)/t9-/m0/s1. The fraction of sp³-hybridized carbons (Fsp3) is 0.846. The molecular formula is C13H23NO4. The lowest BCUT2D eigenvalue weighted by Gasteiger charge is -2.35. The van der Waals surface area contributed by atoms with Crippen LogP contribution in [-0.2, 0) is 9.53 Å². The lowest BCUT2D eigenvalue weighted by atomic mass is 9.83. The van der Waals surface area contributed by atoms with E-state index in [-0.39, 0.29) is 6.04 Å². The van der Waals surface area contributed by atoms with Crippen LogP contribution in [0.15, 0.2) is 0 Å². The van der Waals surface area contributed by atoms with Gasteiger partial charge in [-0.3, -0.25) is 4.79 Å². The van der Waals surface area contributed by atoms with Gasteiger partial charge >= 0.3 is 12.1 Å². The molecule has 1 amide bonds. The first-order valence-electron chi connectivity index (χ1n) is 6.29. The van der Waals surface area contributed by atoms with Crippen molar-refractivity contribution in [3.05, 3.63) is 0 Å². The average Bonchev–Trinajstić information content (AvgIpc) is 2.62. The highest BCUT2D eigenvalue weighted by Gasteiger charge is 2.45. The summed E-state index contributed by atoms with van der Waals surface area (Å²) < 4.78 is 5.32. The van der Waals surface area contributed by atoms with Gasteiger partial charge in [-0.1, -0.05) is 0 Å². The molecule has 104 valence electrons. The molecule has 0 aliphatic carbocycles. The predicted molar refractivity (Wildman–Crippen MR) is 67.4 cm³/mol. The molecule has 1 aliphatic heterocycles. The Balaban J connectivity index is 2.83. The van der Waals surface area contributed by atoms with Crippen molar-refractivity contribution in [1.29, 1.82) is 0 Å². The molecule has 0 unspecified atom stereocenters. The Labute approximate surface area is 108 Å². The van der Waals surface area contributed by atoms with Gasteiger partial charge in [0.2, 0.25) is 0 Å². The summed E-state index contributed by atoms with van der Waals surface area (Å²) in [7, 11) is 0. The zero-order valence-electron chi connectivity index (χ0n) is 11.8. The van der Waals surface area contributed by atoms with Gasteiger partial charge in [0.1, 0.15) is 5.60 Å². The van der Waals surface area contributed by atoms with E-state index in [4.69, 9.17) is 4.74 Å². The van der Waals surface area contributed by atoms with Crippen LogP contribution in [0.2, 0.25) is 0 Å². The zero-order valence-corrected chi connectivity index (χ0v) is 11.8. The summed E-state index contributed by atoms with van der Waals surface area (Å²) in [5.74, 6) is -0.886. The van der Waals surface area contributed by atoms with E-state index in [1.807, 2.05) is 0 Å². The Morgan fingerprint density at radius 1 is 1.22 bits per heavy atom. The monoisotopic (exact) mass is 257 g/mol. The van der Waals surface area contributed by atoms with Crippen LogP contribution < -0.4 is 0 Å². The smallest absolute Gasteiger partial charge is 0.410 e. The molecule has 1 aliphatic rings. The Morgan fingerprint density at radius 3 is 2.22 bits per heavy atom. The van der Waals surface area contributed by atoms with Gasteiger partial charge in [0, 0.05) is 6.54 Å². The first-order chi connectivity index (χ1) is 8.05. The first-order valence-corrected chi connectivity index (χ1v) is 6.29. The molecule has 0 radical (unpaired) electrons. The molecule has 0 aromatic heterocycles. The van der Waals surface area contributed by atoms with E-state index in [1.165, 1.54) is 0 Å². The quantitative estimate of drug-likeness (QED) is 0.825. The van der Waals surface area contributed by atoms with Crippen LogP contribution in [0.4, 0.5) is 4.79 Å². The number of ether oxygens (including phenoxy) is 1. The van der Waals surface area contributed by atoms with E-state index in [0.717, 1.165) is 6.42 Å². The molecule has 0 spiro atoms. The normalized spacial score (nSPS) is 20.9. The number of likely N-dealkylation sites (tertiary alicyclic amines) is 1. The Hall–Kier alpha value is -1.26. The van der Waals surface area contributed by atoms with E-state index in [2.05, 4.69) is 0 Å². The minimum Gasteiger partial charge on any atom is -0.481 e. The molecule has 5 nitrogen and oxygen atoms in total. The summed E-state index contributed by atoms with van der Waals surface area (Å²) >= 11 is 0. The van der Waals surface area contributed by atoms with Gasteiger partial charge in [0.25, 0.3) is 0 Å². The van der Waals surface area contributed by atoms with Gasteiger partial charge in [-0.2, -0.15) is 0 Å². The fourth-order valence-corrected chi connectivity index (χ4v) is 2.20. The number of carbonyl (C=O) groups excluding carboxylic acids is 1. The third-order valence-electron chi connectivity index (χ3n) is 3.27. The van der Waals surface area contributed by atoms with Crippen LogP contribution in [0.25, 0.3) is 0 Å². The van der Waals surface area contributed by atoms with Gasteiger partial charge in [-0.25, -0.2) is 4.79 Å². The van der Waals surface area contributed by atoms with Crippen LogP contribution in [0.3, 0.4) is 0 Å². The average molecular weight is 257 g/mol. The third kappa shape index (κ3) is 3.15. The number of carboxylic acid groups (broad SMARTS) is 1. The minimum absolute atomic E-state index is 0.301. The summed E-state index contributed by atoms with van der Waals surface area (Å²) in [4.78, 5) is 24.9. The predicted octanol–water partition coefficient (Wildman–Crippen LogP) is 2.50. The molecule has 0 aromatic rings. The summed E-state index contributed by atoms with van der Waals surface area (Å²) in [6.07, 6.45) is 1.11. The highest BCUT2D eigenvalue weighted by molar-refractivity contribution is 5.77. The van der Waals surface area contributed by atoms with Crippen molar-refractivity contribution in [3.8, 4) is 0 Å². The highest BCUT2D eigenvalue weighted by atomic mass is 16.6. The maximum Gasteiger partial charge on any atom is 0.410 e. The number of amides is 1. The lowest BCUT2D eigenvalue weighted by molar-refractivity contribution is -0.150. The zero-order chi connectivity index (χ0) is 14.1. The van der Waals surface area contributed by atoms with Gasteiger partial charge in [-0.15, -0.1) is 0 Å². The maximum atomic E-state index is 12.1. The van der Waals surface area contributed by atoms with Crippen LogP contribution in [-0.4, -0.2) is 40.3 Å². The van der Waals surface area contributed by atoms with Crippen molar-refractivity contribution in [1.82, 2.24) is 4.90 Å². The summed E-state index contributed by atoms with van der Waals surface area (Å²) in [6, 6.07) is -0.301. The summed E-state index contributed by atoms with van der Waals surface area (Å²) in [6.45, 7) is 9.29. The fourth-order valence-electron chi connectivity index (χ4n) is 2.20. The second-order valence-electron chi connectivity index (χ2n) is 6.36. The van der Waals surface area contributed by atoms with Crippen molar-refractivity contribution in [2.75, 3.05) is 6.54 Å². The van der Waals surface area contributed by atoms with Gasteiger partial charge in [0.15, 0.2) is 0 Å². The molecule has 0 saturated carbocycles. The third-order valence-corrected chi connectivity index (χ3v) is 3.27. The molecule has 1 atom stereocenters. The molecule has 1 N–H and O–H groups in total. The number of aliphatic carboxylic acids is 1. The molecule has 1 saturated heterocycles. The molecule has 1 heterocycles. The first kappa shape index (κ1) is 14.8. The molecule has 18 heavy (non-hydrogen) atoms. The molecular weight excluding hydrogens is 234 g/mol. The number of carbonyl (C=O) groups is 2. The Morgan fingerprint density at radius 2 is 1.78 bits per heavy atom. The second kappa shape index (κ2) is 4.78. The molecule has 5 heteroatoms. The second-order valence-corrected chi connectivity index (χ2v) is 6.36. The number of hydrogen-bond acceptors (Lipinski definition) is 3. The Kier molecular flexibility index (Phi) is 3.93. The van der Waals surface area contributed by atoms with E-state index >= 15 is 0 Å². The van der Waals surface area contributed by atoms with Crippen molar-refractivity contribution in [2.45, 2.75) is 59.1 Å². The highest BCUT2D eigenvalue weighted by Crippen LogP contribution is 2.34. The number of nitrogens with zero attached hydrogens (tertiary/aromatic N) is 1. The van der Waals surface area contributed by atoms with Crippen molar-refractivity contribution >= 4 is 12.1 Å². The van der Waals surface area contributed by atoms with E-state index < -0.39 is 23.1 Å².